The molecule has 0 saturated heterocycles. The van der Waals surface area contributed by atoms with Gasteiger partial charge in [-0.05, 0) is 50.2 Å². The van der Waals surface area contributed by atoms with Crippen LogP contribution in [-0.4, -0.2) is 6.21 Å². The minimum atomic E-state index is 0.298. The highest BCUT2D eigenvalue weighted by molar-refractivity contribution is 6.30. The molecule has 4 nitrogen and oxygen atoms in total. The molecule has 2 heterocycles. The highest BCUT2D eigenvalue weighted by Crippen LogP contribution is 2.28. The van der Waals surface area contributed by atoms with Gasteiger partial charge in [-0.25, -0.2) is 4.99 Å². The van der Waals surface area contributed by atoms with Crippen molar-refractivity contribution in [2.45, 2.75) is 13.8 Å². The van der Waals surface area contributed by atoms with Crippen molar-refractivity contribution in [1.29, 1.82) is 5.26 Å². The van der Waals surface area contributed by atoms with Crippen LogP contribution in [0.3, 0.4) is 0 Å². The summed E-state index contributed by atoms with van der Waals surface area (Å²) >= 11 is 5.88. The minimum Gasteiger partial charge on any atom is -0.455 e. The van der Waals surface area contributed by atoms with E-state index in [1.807, 2.05) is 31.2 Å². The molecule has 0 saturated carbocycles. The summed E-state index contributed by atoms with van der Waals surface area (Å²) in [6, 6.07) is 13.2. The zero-order valence-electron chi connectivity index (χ0n) is 12.6. The second-order valence-electron chi connectivity index (χ2n) is 5.04. The molecule has 0 atom stereocenters. The van der Waals surface area contributed by atoms with Crippen LogP contribution >= 0.6 is 11.6 Å². The molecule has 0 radical (unpaired) electrons. The Labute approximate surface area is 138 Å². The fourth-order valence-corrected chi connectivity index (χ4v) is 2.27. The molecular weight excluding hydrogens is 312 g/mol. The Morgan fingerprint density at radius 3 is 2.52 bits per heavy atom. The van der Waals surface area contributed by atoms with Crippen molar-refractivity contribution in [1.82, 2.24) is 0 Å². The van der Waals surface area contributed by atoms with Gasteiger partial charge in [-0.3, -0.25) is 0 Å². The summed E-state index contributed by atoms with van der Waals surface area (Å²) in [5, 5.41) is 9.84. The first-order valence-electron chi connectivity index (χ1n) is 6.98. The van der Waals surface area contributed by atoms with E-state index in [0.29, 0.717) is 28.0 Å². The fraction of sp³-hybridized carbons (Fsp3) is 0.111. The maximum atomic E-state index is 9.17. The van der Waals surface area contributed by atoms with Crippen molar-refractivity contribution in [2.24, 2.45) is 4.99 Å². The molecule has 0 aliphatic heterocycles. The van der Waals surface area contributed by atoms with Gasteiger partial charge in [-0.1, -0.05) is 11.6 Å². The first-order chi connectivity index (χ1) is 11.1. The number of aryl methyl sites for hydroxylation is 1. The Kier molecular flexibility index (Phi) is 4.05. The maximum absolute atomic E-state index is 9.17. The van der Waals surface area contributed by atoms with Crippen molar-refractivity contribution in [2.75, 3.05) is 0 Å². The molecule has 2 aromatic heterocycles. The van der Waals surface area contributed by atoms with Crippen LogP contribution in [0.25, 0.3) is 11.3 Å². The Morgan fingerprint density at radius 2 is 1.83 bits per heavy atom. The van der Waals surface area contributed by atoms with Crippen LogP contribution in [0.15, 0.2) is 50.2 Å². The number of hydrogen-bond donors (Lipinski definition) is 0. The smallest absolute Gasteiger partial charge is 0.237 e. The van der Waals surface area contributed by atoms with E-state index in [2.05, 4.69) is 11.1 Å². The van der Waals surface area contributed by atoms with Crippen molar-refractivity contribution in [3.63, 3.8) is 0 Å². The van der Waals surface area contributed by atoms with E-state index in [0.717, 1.165) is 16.9 Å². The number of nitrogens with zero attached hydrogens (tertiary/aromatic N) is 2. The average Bonchev–Trinajstić information content (AvgIpc) is 3.12. The quantitative estimate of drug-likeness (QED) is 0.603. The molecule has 1 aromatic carbocycles. The molecule has 0 aliphatic rings. The van der Waals surface area contributed by atoms with Gasteiger partial charge in [0.25, 0.3) is 0 Å². The highest BCUT2D eigenvalue weighted by atomic mass is 35.5. The summed E-state index contributed by atoms with van der Waals surface area (Å²) in [5.74, 6) is 2.28. The lowest BCUT2D eigenvalue weighted by atomic mass is 10.2. The van der Waals surface area contributed by atoms with Crippen molar-refractivity contribution in [3.05, 3.63) is 64.1 Å². The van der Waals surface area contributed by atoms with Crippen molar-refractivity contribution >= 4 is 23.7 Å². The molecule has 0 unspecified atom stereocenters. The monoisotopic (exact) mass is 324 g/mol. The van der Waals surface area contributed by atoms with E-state index in [1.54, 1.807) is 19.1 Å². The van der Waals surface area contributed by atoms with Crippen LogP contribution in [-0.2, 0) is 0 Å². The largest absolute Gasteiger partial charge is 0.455 e. The normalized spacial score (nSPS) is 11.0. The third kappa shape index (κ3) is 3.05. The third-order valence-electron chi connectivity index (χ3n) is 3.54. The lowest BCUT2D eigenvalue weighted by molar-refractivity contribution is 0.540. The predicted octanol–water partition coefficient (Wildman–Crippen LogP) is 5.43. The van der Waals surface area contributed by atoms with Crippen LogP contribution < -0.4 is 0 Å². The number of aliphatic imine (C=N–C) groups is 1. The van der Waals surface area contributed by atoms with Crippen molar-refractivity contribution in [3.8, 4) is 17.4 Å². The number of halogens is 1. The van der Waals surface area contributed by atoms with Gasteiger partial charge in [0.15, 0.2) is 0 Å². The lowest BCUT2D eigenvalue weighted by Gasteiger charge is -1.96. The number of nitriles is 1. The lowest BCUT2D eigenvalue weighted by Crippen LogP contribution is -1.77. The second kappa shape index (κ2) is 6.15. The van der Waals surface area contributed by atoms with Crippen LogP contribution in [0.1, 0.15) is 22.6 Å². The van der Waals surface area contributed by atoms with Crippen molar-refractivity contribution < 1.29 is 8.83 Å². The van der Waals surface area contributed by atoms with Crippen LogP contribution in [0.2, 0.25) is 5.02 Å². The number of benzene rings is 1. The highest BCUT2D eigenvalue weighted by Gasteiger charge is 2.13. The Morgan fingerprint density at radius 1 is 1.09 bits per heavy atom. The van der Waals surface area contributed by atoms with E-state index >= 15 is 0 Å². The standard InChI is InChI=1S/C18H13ClN2O2/c1-11-12(2)22-18(16(11)9-20)21-10-15-7-8-17(23-15)13-3-5-14(19)6-4-13/h3-8,10H,1-2H3. The zero-order chi connectivity index (χ0) is 16.4. The molecule has 0 fully saturated rings. The van der Waals surface area contributed by atoms with E-state index < -0.39 is 0 Å². The summed E-state index contributed by atoms with van der Waals surface area (Å²) in [4.78, 5) is 4.22. The van der Waals surface area contributed by atoms with Gasteiger partial charge >= 0.3 is 0 Å². The van der Waals surface area contributed by atoms with E-state index in [1.165, 1.54) is 6.21 Å². The first-order valence-corrected chi connectivity index (χ1v) is 7.36. The fourth-order valence-electron chi connectivity index (χ4n) is 2.15. The van der Waals surface area contributed by atoms with Gasteiger partial charge in [0.05, 0.1) is 6.21 Å². The summed E-state index contributed by atoms with van der Waals surface area (Å²) in [6.45, 7) is 3.64. The van der Waals surface area contributed by atoms with Gasteiger partial charge < -0.3 is 8.83 Å². The van der Waals surface area contributed by atoms with Crippen LogP contribution in [0.5, 0.6) is 0 Å². The van der Waals surface area contributed by atoms with E-state index in [9.17, 15) is 0 Å². The minimum absolute atomic E-state index is 0.298. The number of rotatable bonds is 3. The van der Waals surface area contributed by atoms with Crippen LogP contribution in [0.4, 0.5) is 5.88 Å². The molecule has 0 N–H and O–H groups in total. The molecule has 3 rings (SSSR count). The molecular formula is C18H13ClN2O2. The number of hydrogen-bond acceptors (Lipinski definition) is 4. The summed E-state index contributed by atoms with van der Waals surface area (Å²) in [6.07, 6.45) is 1.54. The summed E-state index contributed by atoms with van der Waals surface area (Å²) in [5.41, 5.74) is 2.18. The first kappa shape index (κ1) is 15.1. The summed E-state index contributed by atoms with van der Waals surface area (Å²) in [7, 11) is 0. The summed E-state index contributed by atoms with van der Waals surface area (Å²) < 4.78 is 11.2. The molecule has 5 heteroatoms. The molecule has 0 bridgehead atoms. The molecule has 3 aromatic rings. The van der Waals surface area contributed by atoms with Gasteiger partial charge in [0, 0.05) is 16.1 Å². The van der Waals surface area contributed by atoms with Gasteiger partial charge in [-0.2, -0.15) is 5.26 Å². The van der Waals surface area contributed by atoms with Gasteiger partial charge in [-0.15, -0.1) is 0 Å². The molecule has 114 valence electrons. The zero-order valence-corrected chi connectivity index (χ0v) is 13.4. The van der Waals surface area contributed by atoms with E-state index in [4.69, 9.17) is 25.7 Å². The predicted molar refractivity (Wildman–Crippen MR) is 89.3 cm³/mol. The Hall–Kier alpha value is -2.77. The second-order valence-corrected chi connectivity index (χ2v) is 5.48. The maximum Gasteiger partial charge on any atom is 0.237 e. The van der Waals surface area contributed by atoms with Gasteiger partial charge in [0.1, 0.15) is 28.9 Å². The number of furan rings is 2. The Balaban J connectivity index is 1.86. The molecule has 0 amide bonds. The average molecular weight is 325 g/mol. The molecule has 23 heavy (non-hydrogen) atoms. The van der Waals surface area contributed by atoms with Gasteiger partial charge in [0.2, 0.25) is 5.88 Å². The Bertz CT molecular complexity index is 912. The van der Waals surface area contributed by atoms with Crippen LogP contribution in [0, 0.1) is 25.2 Å². The molecule has 0 spiro atoms. The SMILES string of the molecule is Cc1oc(N=Cc2ccc(-c3ccc(Cl)cc3)o2)c(C#N)c1C. The third-order valence-corrected chi connectivity index (χ3v) is 3.80. The topological polar surface area (TPSA) is 62.4 Å². The van der Waals surface area contributed by atoms with E-state index in [-0.39, 0.29) is 0 Å². The molecule has 0 aliphatic carbocycles.